The molecule has 0 amide bonds. The SMILES string of the molecule is O=C(O)c1nccnc1-c1ccc(F)cc1. The van der Waals surface area contributed by atoms with Crippen molar-refractivity contribution in [3.8, 4) is 11.3 Å². The van der Waals surface area contributed by atoms with Crippen LogP contribution in [0, 0.1) is 5.82 Å². The summed E-state index contributed by atoms with van der Waals surface area (Å²) in [7, 11) is 0. The van der Waals surface area contributed by atoms with Gasteiger partial charge in [-0.2, -0.15) is 0 Å². The average molecular weight is 218 g/mol. The molecular formula is C11H7FN2O2. The Hall–Kier alpha value is -2.30. The van der Waals surface area contributed by atoms with Crippen molar-refractivity contribution in [1.29, 1.82) is 0 Å². The van der Waals surface area contributed by atoms with E-state index in [1.165, 1.54) is 36.7 Å². The minimum Gasteiger partial charge on any atom is -0.476 e. The van der Waals surface area contributed by atoms with Crippen LogP contribution in [0.25, 0.3) is 11.3 Å². The second-order valence-electron chi connectivity index (χ2n) is 3.07. The first-order chi connectivity index (χ1) is 7.68. The highest BCUT2D eigenvalue weighted by atomic mass is 19.1. The van der Waals surface area contributed by atoms with Gasteiger partial charge in [0.25, 0.3) is 0 Å². The van der Waals surface area contributed by atoms with Crippen molar-refractivity contribution < 1.29 is 14.3 Å². The van der Waals surface area contributed by atoms with Crippen LogP contribution in [0.2, 0.25) is 0 Å². The standard InChI is InChI=1S/C11H7FN2O2/c12-8-3-1-7(2-4-8)9-10(11(15)16)14-6-5-13-9/h1-6H,(H,15,16). The predicted molar refractivity (Wildman–Crippen MR) is 54.4 cm³/mol. The molecule has 0 atom stereocenters. The number of hydrogen-bond acceptors (Lipinski definition) is 3. The smallest absolute Gasteiger partial charge is 0.356 e. The van der Waals surface area contributed by atoms with E-state index in [2.05, 4.69) is 9.97 Å². The molecule has 16 heavy (non-hydrogen) atoms. The fourth-order valence-electron chi connectivity index (χ4n) is 1.31. The van der Waals surface area contributed by atoms with Crippen molar-refractivity contribution in [2.24, 2.45) is 0 Å². The number of nitrogens with zero attached hydrogens (tertiary/aromatic N) is 2. The molecule has 1 aromatic carbocycles. The Morgan fingerprint density at radius 2 is 1.75 bits per heavy atom. The van der Waals surface area contributed by atoms with Crippen LogP contribution < -0.4 is 0 Å². The zero-order valence-corrected chi connectivity index (χ0v) is 8.09. The van der Waals surface area contributed by atoms with Crippen molar-refractivity contribution in [2.45, 2.75) is 0 Å². The van der Waals surface area contributed by atoms with Gasteiger partial charge in [-0.1, -0.05) is 0 Å². The van der Waals surface area contributed by atoms with Crippen molar-refractivity contribution in [3.05, 3.63) is 48.2 Å². The van der Waals surface area contributed by atoms with Crippen LogP contribution in [0.1, 0.15) is 10.5 Å². The maximum atomic E-state index is 12.7. The molecule has 0 saturated carbocycles. The van der Waals surface area contributed by atoms with Crippen molar-refractivity contribution in [3.63, 3.8) is 0 Å². The number of carboxylic acids is 1. The normalized spacial score (nSPS) is 10.1. The predicted octanol–water partition coefficient (Wildman–Crippen LogP) is 1.98. The number of benzene rings is 1. The first-order valence-corrected chi connectivity index (χ1v) is 4.49. The van der Waals surface area contributed by atoms with Gasteiger partial charge in [0, 0.05) is 18.0 Å². The largest absolute Gasteiger partial charge is 0.476 e. The number of aromatic nitrogens is 2. The molecule has 1 heterocycles. The monoisotopic (exact) mass is 218 g/mol. The van der Waals surface area contributed by atoms with Crippen molar-refractivity contribution >= 4 is 5.97 Å². The lowest BCUT2D eigenvalue weighted by Crippen LogP contribution is -2.04. The van der Waals surface area contributed by atoms with Gasteiger partial charge in [0.05, 0.1) is 0 Å². The zero-order chi connectivity index (χ0) is 11.5. The molecule has 1 aromatic heterocycles. The van der Waals surface area contributed by atoms with E-state index in [1.807, 2.05) is 0 Å². The van der Waals surface area contributed by atoms with Crippen LogP contribution in [0.15, 0.2) is 36.7 Å². The Balaban J connectivity index is 2.55. The first kappa shape index (κ1) is 10.2. The molecule has 0 spiro atoms. The molecule has 0 saturated heterocycles. The van der Waals surface area contributed by atoms with Crippen LogP contribution in [-0.2, 0) is 0 Å². The van der Waals surface area contributed by atoms with Gasteiger partial charge in [0.1, 0.15) is 11.5 Å². The number of halogens is 1. The third-order valence-corrected chi connectivity index (χ3v) is 2.02. The minimum absolute atomic E-state index is 0.144. The number of carboxylic acid groups (broad SMARTS) is 1. The molecule has 2 rings (SSSR count). The summed E-state index contributed by atoms with van der Waals surface area (Å²) in [4.78, 5) is 18.5. The lowest BCUT2D eigenvalue weighted by Gasteiger charge is -2.03. The number of aromatic carboxylic acids is 1. The molecular weight excluding hydrogens is 211 g/mol. The average Bonchev–Trinajstić information content (AvgIpc) is 2.30. The maximum Gasteiger partial charge on any atom is 0.356 e. The van der Waals surface area contributed by atoms with Gasteiger partial charge in [0.15, 0.2) is 5.69 Å². The third-order valence-electron chi connectivity index (χ3n) is 2.02. The summed E-state index contributed by atoms with van der Waals surface area (Å²) in [6.07, 6.45) is 2.70. The van der Waals surface area contributed by atoms with E-state index in [1.54, 1.807) is 0 Å². The highest BCUT2D eigenvalue weighted by Crippen LogP contribution is 2.19. The fraction of sp³-hybridized carbons (Fsp3) is 0. The van der Waals surface area contributed by atoms with Gasteiger partial charge in [-0.25, -0.2) is 14.2 Å². The van der Waals surface area contributed by atoms with Crippen LogP contribution in [-0.4, -0.2) is 21.0 Å². The second-order valence-corrected chi connectivity index (χ2v) is 3.07. The topological polar surface area (TPSA) is 63.1 Å². The molecule has 0 radical (unpaired) electrons. The number of hydrogen-bond donors (Lipinski definition) is 1. The highest BCUT2D eigenvalue weighted by Gasteiger charge is 2.13. The zero-order valence-electron chi connectivity index (χ0n) is 8.09. The minimum atomic E-state index is -1.16. The lowest BCUT2D eigenvalue weighted by atomic mass is 10.1. The molecule has 0 aliphatic rings. The summed E-state index contributed by atoms with van der Waals surface area (Å²) in [5.41, 5.74) is 0.607. The summed E-state index contributed by atoms with van der Waals surface area (Å²) >= 11 is 0. The van der Waals surface area contributed by atoms with Crippen LogP contribution in [0.3, 0.4) is 0 Å². The van der Waals surface area contributed by atoms with Crippen LogP contribution in [0.4, 0.5) is 4.39 Å². The Bertz CT molecular complexity index is 526. The fourth-order valence-corrected chi connectivity index (χ4v) is 1.31. The van der Waals surface area contributed by atoms with E-state index in [0.717, 1.165) is 0 Å². The Labute approximate surface area is 90.4 Å². The van der Waals surface area contributed by atoms with Crippen molar-refractivity contribution in [1.82, 2.24) is 9.97 Å². The molecule has 0 aliphatic heterocycles. The number of rotatable bonds is 2. The molecule has 0 bridgehead atoms. The maximum absolute atomic E-state index is 12.7. The third kappa shape index (κ3) is 1.88. The van der Waals surface area contributed by atoms with Crippen LogP contribution in [0.5, 0.6) is 0 Å². The summed E-state index contributed by atoms with van der Waals surface area (Å²) < 4.78 is 12.7. The van der Waals surface area contributed by atoms with E-state index in [0.29, 0.717) is 5.56 Å². The van der Waals surface area contributed by atoms with E-state index < -0.39 is 5.97 Å². The molecule has 5 heteroatoms. The number of carbonyl (C=O) groups is 1. The van der Waals surface area contributed by atoms with E-state index in [9.17, 15) is 9.18 Å². The Morgan fingerprint density at radius 1 is 1.12 bits per heavy atom. The second kappa shape index (κ2) is 4.06. The molecule has 0 unspecified atom stereocenters. The summed E-state index contributed by atoms with van der Waals surface area (Å²) in [6.45, 7) is 0. The quantitative estimate of drug-likeness (QED) is 0.837. The summed E-state index contributed by atoms with van der Waals surface area (Å²) in [5, 5.41) is 8.90. The summed E-state index contributed by atoms with van der Waals surface area (Å²) in [5.74, 6) is -1.54. The van der Waals surface area contributed by atoms with Gasteiger partial charge < -0.3 is 5.11 Å². The Kier molecular flexibility index (Phi) is 2.59. The molecule has 80 valence electrons. The van der Waals surface area contributed by atoms with E-state index in [-0.39, 0.29) is 17.2 Å². The van der Waals surface area contributed by atoms with Gasteiger partial charge >= 0.3 is 5.97 Å². The van der Waals surface area contributed by atoms with E-state index >= 15 is 0 Å². The highest BCUT2D eigenvalue weighted by molar-refractivity contribution is 5.92. The van der Waals surface area contributed by atoms with Crippen LogP contribution >= 0.6 is 0 Å². The molecule has 1 N–H and O–H groups in total. The molecule has 0 fully saturated rings. The molecule has 2 aromatic rings. The molecule has 0 aliphatic carbocycles. The van der Waals surface area contributed by atoms with E-state index in [4.69, 9.17) is 5.11 Å². The Morgan fingerprint density at radius 3 is 2.38 bits per heavy atom. The van der Waals surface area contributed by atoms with Gasteiger partial charge in [-0.3, -0.25) is 4.98 Å². The van der Waals surface area contributed by atoms with Crippen molar-refractivity contribution in [2.75, 3.05) is 0 Å². The first-order valence-electron chi connectivity index (χ1n) is 4.49. The van der Waals surface area contributed by atoms with Gasteiger partial charge in [0.2, 0.25) is 0 Å². The summed E-state index contributed by atoms with van der Waals surface area (Å²) in [6, 6.07) is 5.42. The molecule has 4 nitrogen and oxygen atoms in total. The van der Waals surface area contributed by atoms with Gasteiger partial charge in [-0.05, 0) is 24.3 Å². The van der Waals surface area contributed by atoms with Gasteiger partial charge in [-0.15, -0.1) is 0 Å². The lowest BCUT2D eigenvalue weighted by molar-refractivity contribution is 0.0691.